The van der Waals surface area contributed by atoms with E-state index in [1.165, 1.54) is 23.7 Å². The Balaban J connectivity index is 1.84. The summed E-state index contributed by atoms with van der Waals surface area (Å²) in [5.74, 6) is 0.801. The summed E-state index contributed by atoms with van der Waals surface area (Å²) in [5.41, 5.74) is 3.03. The van der Waals surface area contributed by atoms with Crippen LogP contribution in [0.2, 0.25) is 0 Å². The van der Waals surface area contributed by atoms with E-state index in [-0.39, 0.29) is 0 Å². The third kappa shape index (κ3) is 3.33. The summed E-state index contributed by atoms with van der Waals surface area (Å²) in [6, 6.07) is 22.6. The molecule has 0 saturated carbocycles. The Hall–Kier alpha value is -2.88. The van der Waals surface area contributed by atoms with E-state index in [0.29, 0.717) is 0 Å². The Morgan fingerprint density at radius 3 is 2.36 bits per heavy atom. The number of nitrogens with zero attached hydrogens (tertiary/aromatic N) is 4. The number of hydrogen-bond acceptors (Lipinski definition) is 1. The highest BCUT2D eigenvalue weighted by Gasteiger charge is 2.16. The molecule has 1 saturated heterocycles. The topological polar surface area (TPSA) is 32.9 Å². The summed E-state index contributed by atoms with van der Waals surface area (Å²) < 4.78 is 2.13. The summed E-state index contributed by atoms with van der Waals surface area (Å²) >= 11 is 0. The van der Waals surface area contributed by atoms with Crippen molar-refractivity contribution in [3.63, 3.8) is 0 Å². The Morgan fingerprint density at radius 2 is 1.56 bits per heavy atom. The molecule has 25 heavy (non-hydrogen) atoms. The highest BCUT2D eigenvalue weighted by Crippen LogP contribution is 2.15. The minimum atomic E-state index is 0.801. The van der Waals surface area contributed by atoms with Crippen molar-refractivity contribution in [3.05, 3.63) is 72.2 Å². The van der Waals surface area contributed by atoms with Gasteiger partial charge in [0.25, 0.3) is 0 Å². The van der Waals surface area contributed by atoms with E-state index >= 15 is 0 Å². The standard InChI is InChI=1S/C21H22N4/c1-24-19-12-6-5-9-17(19)13-14-20(24)23-21(25-15-7-8-16-25)22-18-10-3-2-4-11-18/h2-6,9-14H,7-8,15-16H2,1H3. The number of guanidine groups is 1. The predicted molar refractivity (Wildman–Crippen MR) is 103 cm³/mol. The van der Waals surface area contributed by atoms with E-state index in [1.54, 1.807) is 0 Å². The number of aliphatic imine (C=N–C) groups is 1. The van der Waals surface area contributed by atoms with Gasteiger partial charge in [-0.1, -0.05) is 36.4 Å². The molecular formula is C21H22N4. The molecule has 0 spiro atoms. The Bertz CT molecular complexity index is 964. The summed E-state index contributed by atoms with van der Waals surface area (Å²) in [7, 11) is 2.06. The van der Waals surface area contributed by atoms with Crippen molar-refractivity contribution >= 4 is 22.5 Å². The second kappa shape index (κ2) is 6.93. The Labute approximate surface area is 147 Å². The first kappa shape index (κ1) is 15.6. The zero-order valence-corrected chi connectivity index (χ0v) is 14.5. The Morgan fingerprint density at radius 1 is 0.840 bits per heavy atom. The van der Waals surface area contributed by atoms with Gasteiger partial charge >= 0.3 is 0 Å². The zero-order chi connectivity index (χ0) is 17.1. The molecule has 2 aromatic carbocycles. The number of hydrogen-bond donors (Lipinski definition) is 0. The fourth-order valence-electron chi connectivity index (χ4n) is 3.25. The number of para-hydroxylation sites is 2. The molecule has 4 nitrogen and oxygen atoms in total. The van der Waals surface area contributed by atoms with Crippen molar-refractivity contribution in [2.24, 2.45) is 17.0 Å². The van der Waals surface area contributed by atoms with E-state index in [9.17, 15) is 0 Å². The number of fused-ring (bicyclic) bond motifs is 1. The molecule has 4 heteroatoms. The van der Waals surface area contributed by atoms with Gasteiger partial charge in [-0.05, 0) is 48.6 Å². The maximum absolute atomic E-state index is 4.92. The molecule has 0 unspecified atom stereocenters. The van der Waals surface area contributed by atoms with Gasteiger partial charge in [-0.25, -0.2) is 4.99 Å². The highest BCUT2D eigenvalue weighted by molar-refractivity contribution is 5.84. The smallest absolute Gasteiger partial charge is 0.227 e. The lowest BCUT2D eigenvalue weighted by Crippen LogP contribution is -2.30. The fraction of sp³-hybridized carbons (Fsp3) is 0.238. The number of aryl methyl sites for hydroxylation is 1. The van der Waals surface area contributed by atoms with E-state index in [0.717, 1.165) is 30.2 Å². The highest BCUT2D eigenvalue weighted by atomic mass is 15.3. The molecule has 0 atom stereocenters. The predicted octanol–water partition coefficient (Wildman–Crippen LogP) is 3.86. The van der Waals surface area contributed by atoms with E-state index in [1.807, 2.05) is 30.3 Å². The van der Waals surface area contributed by atoms with Crippen molar-refractivity contribution in [1.29, 1.82) is 0 Å². The van der Waals surface area contributed by atoms with Crippen LogP contribution in [0.15, 0.2) is 76.7 Å². The first-order chi connectivity index (χ1) is 12.3. The van der Waals surface area contributed by atoms with Gasteiger partial charge in [0.2, 0.25) is 5.96 Å². The van der Waals surface area contributed by atoms with E-state index < -0.39 is 0 Å². The summed E-state index contributed by atoms with van der Waals surface area (Å²) in [6.07, 6.45) is 2.40. The molecule has 3 aromatic rings. The lowest BCUT2D eigenvalue weighted by molar-refractivity contribution is 0.511. The average molecular weight is 330 g/mol. The molecule has 1 fully saturated rings. The largest absolute Gasteiger partial charge is 0.341 e. The van der Waals surface area contributed by atoms with Crippen LogP contribution in [0.3, 0.4) is 0 Å². The lowest BCUT2D eigenvalue weighted by atomic mass is 10.2. The first-order valence-electron chi connectivity index (χ1n) is 8.79. The van der Waals surface area contributed by atoms with Crippen LogP contribution in [0, 0.1) is 0 Å². The Kier molecular flexibility index (Phi) is 4.34. The van der Waals surface area contributed by atoms with Gasteiger partial charge in [-0.15, -0.1) is 0 Å². The molecule has 4 rings (SSSR count). The molecule has 0 bridgehead atoms. The molecule has 0 amide bonds. The molecule has 0 N–H and O–H groups in total. The second-order valence-electron chi connectivity index (χ2n) is 6.36. The van der Waals surface area contributed by atoms with Gasteiger partial charge in [-0.2, -0.15) is 4.99 Å². The number of likely N-dealkylation sites (tertiary alicyclic amines) is 1. The molecule has 0 radical (unpaired) electrons. The van der Waals surface area contributed by atoms with Crippen LogP contribution in [0.25, 0.3) is 10.9 Å². The molecule has 1 aromatic heterocycles. The second-order valence-corrected chi connectivity index (χ2v) is 6.36. The van der Waals surface area contributed by atoms with Crippen LogP contribution in [0.1, 0.15) is 12.8 Å². The lowest BCUT2D eigenvalue weighted by Gasteiger charge is -2.16. The number of pyridine rings is 1. The van der Waals surface area contributed by atoms with Crippen LogP contribution >= 0.6 is 0 Å². The maximum atomic E-state index is 4.92. The van der Waals surface area contributed by atoms with Gasteiger partial charge in [0.15, 0.2) is 0 Å². The number of benzene rings is 2. The molecular weight excluding hydrogens is 308 g/mol. The van der Waals surface area contributed by atoms with Crippen LogP contribution in [0.4, 0.5) is 5.69 Å². The van der Waals surface area contributed by atoms with Crippen LogP contribution in [-0.2, 0) is 7.05 Å². The van der Waals surface area contributed by atoms with Gasteiger partial charge < -0.3 is 9.47 Å². The number of rotatable bonds is 1. The average Bonchev–Trinajstić information content (AvgIpc) is 3.19. The van der Waals surface area contributed by atoms with Crippen molar-refractivity contribution in [2.75, 3.05) is 13.1 Å². The van der Waals surface area contributed by atoms with E-state index in [4.69, 9.17) is 9.98 Å². The fourth-order valence-corrected chi connectivity index (χ4v) is 3.25. The third-order valence-corrected chi connectivity index (χ3v) is 4.64. The molecule has 0 aliphatic carbocycles. The van der Waals surface area contributed by atoms with Crippen molar-refractivity contribution in [3.8, 4) is 0 Å². The number of aromatic nitrogens is 1. The van der Waals surface area contributed by atoms with Gasteiger partial charge in [0.1, 0.15) is 5.49 Å². The summed E-state index contributed by atoms with van der Waals surface area (Å²) in [6.45, 7) is 2.04. The van der Waals surface area contributed by atoms with Gasteiger partial charge in [0.05, 0.1) is 5.69 Å². The van der Waals surface area contributed by atoms with Crippen molar-refractivity contribution in [2.45, 2.75) is 12.8 Å². The van der Waals surface area contributed by atoms with Crippen molar-refractivity contribution in [1.82, 2.24) is 9.47 Å². The normalized spacial score (nSPS) is 16.0. The minimum absolute atomic E-state index is 0.801. The zero-order valence-electron chi connectivity index (χ0n) is 14.5. The van der Waals surface area contributed by atoms with Crippen LogP contribution in [0.5, 0.6) is 0 Å². The minimum Gasteiger partial charge on any atom is -0.341 e. The van der Waals surface area contributed by atoms with Gasteiger partial charge in [-0.3, -0.25) is 0 Å². The van der Waals surface area contributed by atoms with E-state index in [2.05, 4.69) is 52.9 Å². The molecule has 1 aliphatic heterocycles. The third-order valence-electron chi connectivity index (χ3n) is 4.64. The van der Waals surface area contributed by atoms with Crippen LogP contribution < -0.4 is 5.49 Å². The van der Waals surface area contributed by atoms with Crippen molar-refractivity contribution < 1.29 is 0 Å². The quantitative estimate of drug-likeness (QED) is 0.492. The molecule has 126 valence electrons. The summed E-state index contributed by atoms with van der Waals surface area (Å²) in [5, 5.41) is 1.21. The monoisotopic (exact) mass is 330 g/mol. The maximum Gasteiger partial charge on any atom is 0.227 e. The first-order valence-corrected chi connectivity index (χ1v) is 8.79. The summed E-state index contributed by atoms with van der Waals surface area (Å²) in [4.78, 5) is 12.0. The molecule has 2 heterocycles. The SMILES string of the molecule is Cn1c(=NC(=Nc2ccccc2)N2CCCC2)ccc2ccccc21. The van der Waals surface area contributed by atoms with Gasteiger partial charge in [0, 0.05) is 25.7 Å². The van der Waals surface area contributed by atoms with Crippen LogP contribution in [-0.4, -0.2) is 28.5 Å². The molecule has 1 aliphatic rings.